The average Bonchev–Trinajstić information content (AvgIpc) is 2.77. The summed E-state index contributed by atoms with van der Waals surface area (Å²) in [6.45, 7) is 0. The smallest absolute Gasteiger partial charge is 0.279 e. The molecule has 2 aliphatic rings. The standard InChI is InChI=1S/C15H17N3O/c16-13(10-6-2-1-3-7-10)17-14-11-8-4-5-9-12(11)15(19)18-14/h4-5,8-10H,1-3,6-7H2,(H2,16,17,18,19). The second-order valence-electron chi connectivity index (χ2n) is 5.16. The van der Waals surface area contributed by atoms with Crippen molar-refractivity contribution in [2.45, 2.75) is 32.1 Å². The van der Waals surface area contributed by atoms with Crippen molar-refractivity contribution in [3.05, 3.63) is 35.4 Å². The van der Waals surface area contributed by atoms with Crippen molar-refractivity contribution in [2.75, 3.05) is 0 Å². The Bertz CT molecular complexity index is 569. The summed E-state index contributed by atoms with van der Waals surface area (Å²) in [6.07, 6.45) is 5.90. The van der Waals surface area contributed by atoms with E-state index in [0.29, 0.717) is 23.2 Å². The summed E-state index contributed by atoms with van der Waals surface area (Å²) in [5, 5.41) is 0. The summed E-state index contributed by atoms with van der Waals surface area (Å²) >= 11 is 0. The van der Waals surface area contributed by atoms with Crippen LogP contribution in [0.5, 0.6) is 0 Å². The zero-order chi connectivity index (χ0) is 13.2. The molecule has 0 radical (unpaired) electrons. The van der Waals surface area contributed by atoms with Gasteiger partial charge in [0, 0.05) is 11.5 Å². The molecule has 98 valence electrons. The number of hydrogen-bond acceptors (Lipinski definition) is 2. The summed E-state index contributed by atoms with van der Waals surface area (Å²) in [6, 6.07) is 7.37. The Morgan fingerprint density at radius 3 is 2.58 bits per heavy atom. The van der Waals surface area contributed by atoms with Crippen LogP contribution in [0.4, 0.5) is 0 Å². The second kappa shape index (κ2) is 4.96. The molecule has 1 aliphatic carbocycles. The minimum atomic E-state index is -0.217. The van der Waals surface area contributed by atoms with E-state index in [-0.39, 0.29) is 5.91 Å². The van der Waals surface area contributed by atoms with Crippen LogP contribution in [-0.2, 0) is 0 Å². The van der Waals surface area contributed by atoms with E-state index in [1.165, 1.54) is 19.3 Å². The predicted molar refractivity (Wildman–Crippen MR) is 75.5 cm³/mol. The lowest BCUT2D eigenvalue weighted by Gasteiger charge is -2.20. The molecule has 1 heterocycles. The van der Waals surface area contributed by atoms with Gasteiger partial charge in [0.2, 0.25) is 0 Å². The van der Waals surface area contributed by atoms with Gasteiger partial charge in [-0.3, -0.25) is 4.79 Å². The van der Waals surface area contributed by atoms with Crippen LogP contribution >= 0.6 is 0 Å². The molecular formula is C15H17N3O. The Balaban J connectivity index is 1.87. The first-order valence-corrected chi connectivity index (χ1v) is 6.82. The van der Waals surface area contributed by atoms with Crippen molar-refractivity contribution in [1.82, 2.24) is 0 Å². The minimum Gasteiger partial charge on any atom is -0.387 e. The predicted octanol–water partition coefficient (Wildman–Crippen LogP) is 2.52. The number of amides is 1. The van der Waals surface area contributed by atoms with Gasteiger partial charge in [0.25, 0.3) is 5.91 Å². The number of carbonyl (C=O) groups excluding carboxylic acids is 1. The molecule has 19 heavy (non-hydrogen) atoms. The molecule has 0 aromatic heterocycles. The molecular weight excluding hydrogens is 238 g/mol. The van der Waals surface area contributed by atoms with Crippen LogP contribution in [-0.4, -0.2) is 17.6 Å². The van der Waals surface area contributed by atoms with Crippen LogP contribution in [0, 0.1) is 5.92 Å². The van der Waals surface area contributed by atoms with E-state index in [4.69, 9.17) is 5.73 Å². The van der Waals surface area contributed by atoms with Crippen LogP contribution in [0.15, 0.2) is 34.3 Å². The van der Waals surface area contributed by atoms with Crippen molar-refractivity contribution >= 4 is 17.6 Å². The molecule has 1 fully saturated rings. The maximum atomic E-state index is 11.7. The van der Waals surface area contributed by atoms with Crippen molar-refractivity contribution in [2.24, 2.45) is 21.6 Å². The average molecular weight is 255 g/mol. The van der Waals surface area contributed by atoms with Crippen LogP contribution in [0.2, 0.25) is 0 Å². The van der Waals surface area contributed by atoms with Crippen molar-refractivity contribution < 1.29 is 4.79 Å². The van der Waals surface area contributed by atoms with Gasteiger partial charge >= 0.3 is 0 Å². The summed E-state index contributed by atoms with van der Waals surface area (Å²) in [7, 11) is 0. The number of amidine groups is 2. The number of fused-ring (bicyclic) bond motifs is 1. The van der Waals surface area contributed by atoms with Gasteiger partial charge in [0.05, 0.1) is 5.56 Å². The van der Waals surface area contributed by atoms with E-state index in [1.807, 2.05) is 18.2 Å². The fourth-order valence-corrected chi connectivity index (χ4v) is 2.78. The van der Waals surface area contributed by atoms with Gasteiger partial charge in [-0.2, -0.15) is 4.99 Å². The van der Waals surface area contributed by atoms with Crippen LogP contribution < -0.4 is 5.73 Å². The van der Waals surface area contributed by atoms with Crippen molar-refractivity contribution in [1.29, 1.82) is 0 Å². The number of benzene rings is 1. The molecule has 0 spiro atoms. The van der Waals surface area contributed by atoms with Gasteiger partial charge in [0.1, 0.15) is 5.84 Å². The highest BCUT2D eigenvalue weighted by Gasteiger charge is 2.24. The monoisotopic (exact) mass is 255 g/mol. The van der Waals surface area contributed by atoms with E-state index in [1.54, 1.807) is 6.07 Å². The van der Waals surface area contributed by atoms with E-state index in [0.717, 1.165) is 18.4 Å². The molecule has 2 N–H and O–H groups in total. The first kappa shape index (κ1) is 12.1. The number of rotatable bonds is 1. The van der Waals surface area contributed by atoms with Gasteiger partial charge < -0.3 is 5.73 Å². The van der Waals surface area contributed by atoms with E-state index in [2.05, 4.69) is 9.98 Å². The third-order valence-corrected chi connectivity index (χ3v) is 3.86. The van der Waals surface area contributed by atoms with E-state index < -0.39 is 0 Å². The molecule has 0 bridgehead atoms. The first-order valence-electron chi connectivity index (χ1n) is 6.82. The second-order valence-corrected chi connectivity index (χ2v) is 5.16. The zero-order valence-corrected chi connectivity index (χ0v) is 10.8. The molecule has 0 unspecified atom stereocenters. The molecule has 4 nitrogen and oxygen atoms in total. The number of aliphatic imine (C=N–C) groups is 2. The highest BCUT2D eigenvalue weighted by molar-refractivity contribution is 6.22. The molecule has 1 aliphatic heterocycles. The highest BCUT2D eigenvalue weighted by Crippen LogP contribution is 2.25. The summed E-state index contributed by atoms with van der Waals surface area (Å²) in [5.41, 5.74) is 7.51. The lowest BCUT2D eigenvalue weighted by Crippen LogP contribution is -2.26. The summed E-state index contributed by atoms with van der Waals surface area (Å²) in [4.78, 5) is 20.2. The maximum absolute atomic E-state index is 11.7. The normalized spacial score (nSPS) is 20.3. The summed E-state index contributed by atoms with van der Waals surface area (Å²) < 4.78 is 0. The molecule has 1 aromatic carbocycles. The number of nitrogens with two attached hydrogens (primary N) is 1. The Morgan fingerprint density at radius 2 is 1.84 bits per heavy atom. The van der Waals surface area contributed by atoms with Crippen LogP contribution in [0.3, 0.4) is 0 Å². The van der Waals surface area contributed by atoms with Gasteiger partial charge in [-0.1, -0.05) is 37.5 Å². The fourth-order valence-electron chi connectivity index (χ4n) is 2.78. The molecule has 1 amide bonds. The Morgan fingerprint density at radius 1 is 1.16 bits per heavy atom. The molecule has 0 atom stereocenters. The zero-order valence-electron chi connectivity index (χ0n) is 10.8. The third-order valence-electron chi connectivity index (χ3n) is 3.86. The van der Waals surface area contributed by atoms with Crippen molar-refractivity contribution in [3.8, 4) is 0 Å². The topological polar surface area (TPSA) is 67.8 Å². The highest BCUT2D eigenvalue weighted by atomic mass is 16.1. The molecule has 4 heteroatoms. The minimum absolute atomic E-state index is 0.217. The number of nitrogens with zero attached hydrogens (tertiary/aromatic N) is 2. The van der Waals surface area contributed by atoms with E-state index >= 15 is 0 Å². The molecule has 3 rings (SSSR count). The van der Waals surface area contributed by atoms with Gasteiger partial charge in [-0.25, -0.2) is 4.99 Å². The lowest BCUT2D eigenvalue weighted by atomic mass is 9.88. The number of hydrogen-bond donors (Lipinski definition) is 1. The van der Waals surface area contributed by atoms with Gasteiger partial charge in [-0.15, -0.1) is 0 Å². The first-order chi connectivity index (χ1) is 9.25. The third kappa shape index (κ3) is 2.30. The Hall–Kier alpha value is -1.97. The lowest BCUT2D eigenvalue weighted by molar-refractivity contribution is 0.101. The van der Waals surface area contributed by atoms with Gasteiger partial charge in [0.15, 0.2) is 5.84 Å². The Labute approximate surface area is 112 Å². The molecule has 0 saturated heterocycles. The van der Waals surface area contributed by atoms with Gasteiger partial charge in [-0.05, 0) is 18.9 Å². The van der Waals surface area contributed by atoms with Crippen molar-refractivity contribution in [3.63, 3.8) is 0 Å². The Kier molecular flexibility index (Phi) is 3.15. The quantitative estimate of drug-likeness (QED) is 0.619. The SMILES string of the molecule is NC(=NC1=NC(=O)c2ccccc21)C1CCCCC1. The maximum Gasteiger partial charge on any atom is 0.279 e. The van der Waals surface area contributed by atoms with Crippen LogP contribution in [0.1, 0.15) is 48.0 Å². The number of carbonyl (C=O) groups is 1. The molecule has 1 saturated carbocycles. The fraction of sp³-hybridized carbons (Fsp3) is 0.400. The van der Waals surface area contributed by atoms with E-state index in [9.17, 15) is 4.79 Å². The summed E-state index contributed by atoms with van der Waals surface area (Å²) in [5.74, 6) is 1.23. The largest absolute Gasteiger partial charge is 0.387 e. The molecule has 1 aromatic rings. The van der Waals surface area contributed by atoms with Crippen LogP contribution in [0.25, 0.3) is 0 Å².